The summed E-state index contributed by atoms with van der Waals surface area (Å²) >= 11 is 0. The van der Waals surface area contributed by atoms with Crippen molar-refractivity contribution in [1.29, 1.82) is 0 Å². The Morgan fingerprint density at radius 3 is 1.84 bits per heavy atom. The van der Waals surface area contributed by atoms with Crippen molar-refractivity contribution in [2.75, 3.05) is 19.6 Å². The van der Waals surface area contributed by atoms with E-state index in [9.17, 15) is 4.39 Å². The first-order valence-electron chi connectivity index (χ1n) is 9.78. The van der Waals surface area contributed by atoms with Crippen molar-refractivity contribution < 1.29 is 4.39 Å². The largest absolute Gasteiger partial charge is 0.300 e. The highest BCUT2D eigenvalue weighted by Crippen LogP contribution is 2.26. The van der Waals surface area contributed by atoms with Crippen molar-refractivity contribution in [1.82, 2.24) is 4.90 Å². The molecule has 1 aliphatic carbocycles. The summed E-state index contributed by atoms with van der Waals surface area (Å²) in [5, 5.41) is 0. The fourth-order valence-corrected chi connectivity index (χ4v) is 3.98. The molecule has 2 heteroatoms. The number of piperidine rings is 1. The maximum atomic E-state index is 13.1. The number of hydrogen-bond acceptors (Lipinski definition) is 1. The average Bonchev–Trinajstić information content (AvgIpc) is 3.17. The third kappa shape index (κ3) is 5.97. The van der Waals surface area contributed by atoms with Crippen LogP contribution in [0.1, 0.15) is 38.5 Å². The second-order valence-electron chi connectivity index (χ2n) is 7.38. The van der Waals surface area contributed by atoms with Crippen molar-refractivity contribution in [2.24, 2.45) is 5.92 Å². The van der Waals surface area contributed by atoms with Crippen LogP contribution in [0.25, 0.3) is 11.1 Å². The molecule has 0 N–H and O–H groups in total. The summed E-state index contributed by atoms with van der Waals surface area (Å²) in [6, 6.07) is 20.8. The number of benzene rings is 2. The van der Waals surface area contributed by atoms with Gasteiger partial charge in [-0.05, 0) is 49.3 Å². The van der Waals surface area contributed by atoms with Gasteiger partial charge < -0.3 is 4.90 Å². The Morgan fingerprint density at radius 2 is 1.32 bits per heavy atom. The molecule has 2 aliphatic rings. The lowest BCUT2D eigenvalue weighted by Gasteiger charge is -2.30. The van der Waals surface area contributed by atoms with Gasteiger partial charge in [-0.15, -0.1) is 0 Å². The average molecular weight is 339 g/mol. The Balaban J connectivity index is 0.000000146. The van der Waals surface area contributed by atoms with Crippen LogP contribution in [0, 0.1) is 5.92 Å². The Bertz CT molecular complexity index is 555. The van der Waals surface area contributed by atoms with Crippen LogP contribution in [0.5, 0.6) is 0 Å². The second kappa shape index (κ2) is 9.72. The molecule has 0 spiro atoms. The molecule has 0 radical (unpaired) electrons. The molecule has 2 aromatic carbocycles. The summed E-state index contributed by atoms with van der Waals surface area (Å²) in [6.07, 6.45) is 6.88. The number of likely N-dealkylation sites (tertiary alicyclic amines) is 1. The predicted molar refractivity (Wildman–Crippen MR) is 104 cm³/mol. The van der Waals surface area contributed by atoms with Crippen molar-refractivity contribution in [3.63, 3.8) is 0 Å². The van der Waals surface area contributed by atoms with Crippen molar-refractivity contribution in [2.45, 2.75) is 44.7 Å². The number of alkyl halides is 1. The molecule has 1 nitrogen and oxygen atoms in total. The van der Waals surface area contributed by atoms with Gasteiger partial charge in [-0.1, -0.05) is 73.5 Å². The fraction of sp³-hybridized carbons (Fsp3) is 0.478. The van der Waals surface area contributed by atoms with Crippen molar-refractivity contribution in [3.05, 3.63) is 60.7 Å². The number of hydrogen-bond donors (Lipinski definition) is 0. The van der Waals surface area contributed by atoms with E-state index in [1.165, 1.54) is 43.4 Å². The predicted octanol–water partition coefficient (Wildman–Crippen LogP) is 5.96. The van der Waals surface area contributed by atoms with Gasteiger partial charge in [-0.2, -0.15) is 0 Å². The van der Waals surface area contributed by atoms with Crippen molar-refractivity contribution in [3.8, 4) is 11.1 Å². The summed E-state index contributed by atoms with van der Waals surface area (Å²) < 4.78 is 13.1. The van der Waals surface area contributed by atoms with Crippen LogP contribution in [0.4, 0.5) is 4.39 Å². The van der Waals surface area contributed by atoms with Crippen LogP contribution in [-0.4, -0.2) is 30.7 Å². The first-order valence-corrected chi connectivity index (χ1v) is 9.78. The molecule has 0 bridgehead atoms. The van der Waals surface area contributed by atoms with Gasteiger partial charge in [0.1, 0.15) is 6.17 Å². The fourth-order valence-electron chi connectivity index (χ4n) is 3.98. The maximum absolute atomic E-state index is 13.1. The first kappa shape index (κ1) is 18.1. The third-order valence-corrected chi connectivity index (χ3v) is 5.32. The highest BCUT2D eigenvalue weighted by molar-refractivity contribution is 5.62. The van der Waals surface area contributed by atoms with E-state index < -0.39 is 6.17 Å². The van der Waals surface area contributed by atoms with E-state index in [4.69, 9.17) is 0 Å². The number of nitrogens with zero attached hydrogens (tertiary/aromatic N) is 1. The molecular weight excluding hydrogens is 309 g/mol. The zero-order valence-electron chi connectivity index (χ0n) is 15.1. The van der Waals surface area contributed by atoms with E-state index in [1.807, 2.05) is 12.1 Å². The zero-order valence-corrected chi connectivity index (χ0v) is 15.1. The molecule has 134 valence electrons. The van der Waals surface area contributed by atoms with Crippen molar-refractivity contribution >= 4 is 0 Å². The SMILES string of the molecule is FC1CCCN(CC2CCCC2)C1.c1ccc(-c2ccccc2)cc1. The lowest BCUT2D eigenvalue weighted by atomic mass is 10.0. The molecule has 2 fully saturated rings. The highest BCUT2D eigenvalue weighted by atomic mass is 19.1. The first-order chi connectivity index (χ1) is 12.3. The Hall–Kier alpha value is -1.67. The molecule has 0 aromatic heterocycles. The van der Waals surface area contributed by atoms with Gasteiger partial charge in [0.25, 0.3) is 0 Å². The Morgan fingerprint density at radius 1 is 0.760 bits per heavy atom. The van der Waals surface area contributed by atoms with Gasteiger partial charge in [0, 0.05) is 13.1 Å². The lowest BCUT2D eigenvalue weighted by Crippen LogP contribution is -2.38. The molecule has 1 aliphatic heterocycles. The quantitative estimate of drug-likeness (QED) is 0.666. The molecule has 2 aromatic rings. The van der Waals surface area contributed by atoms with E-state index in [-0.39, 0.29) is 0 Å². The second-order valence-corrected chi connectivity index (χ2v) is 7.38. The van der Waals surface area contributed by atoms with Gasteiger partial charge in [-0.3, -0.25) is 0 Å². The Labute approximate surface area is 151 Å². The summed E-state index contributed by atoms with van der Waals surface area (Å²) in [5.41, 5.74) is 2.55. The minimum Gasteiger partial charge on any atom is -0.300 e. The monoisotopic (exact) mass is 339 g/mol. The van der Waals surface area contributed by atoms with Crippen LogP contribution >= 0.6 is 0 Å². The Kier molecular flexibility index (Phi) is 7.05. The molecule has 4 rings (SSSR count). The molecule has 25 heavy (non-hydrogen) atoms. The minimum absolute atomic E-state index is 0.546. The van der Waals surface area contributed by atoms with Crippen LogP contribution < -0.4 is 0 Å². The van der Waals surface area contributed by atoms with E-state index in [2.05, 4.69) is 53.4 Å². The maximum Gasteiger partial charge on any atom is 0.113 e. The minimum atomic E-state index is -0.546. The number of rotatable bonds is 3. The summed E-state index contributed by atoms with van der Waals surface area (Å²) in [7, 11) is 0. The number of halogens is 1. The van der Waals surface area contributed by atoms with E-state index in [0.29, 0.717) is 6.54 Å². The molecular formula is C23H30FN. The van der Waals surface area contributed by atoms with E-state index in [0.717, 1.165) is 25.3 Å². The van der Waals surface area contributed by atoms with Gasteiger partial charge in [0.05, 0.1) is 0 Å². The summed E-state index contributed by atoms with van der Waals surface area (Å²) in [5.74, 6) is 0.880. The van der Waals surface area contributed by atoms with Gasteiger partial charge >= 0.3 is 0 Å². The van der Waals surface area contributed by atoms with E-state index >= 15 is 0 Å². The van der Waals surface area contributed by atoms with E-state index in [1.54, 1.807) is 0 Å². The van der Waals surface area contributed by atoms with Crippen LogP contribution in [-0.2, 0) is 0 Å². The van der Waals surface area contributed by atoms with Gasteiger partial charge in [0.2, 0.25) is 0 Å². The highest BCUT2D eigenvalue weighted by Gasteiger charge is 2.23. The van der Waals surface area contributed by atoms with Crippen LogP contribution in [0.3, 0.4) is 0 Å². The van der Waals surface area contributed by atoms with Gasteiger partial charge in [-0.25, -0.2) is 4.39 Å². The molecule has 0 amide bonds. The lowest BCUT2D eigenvalue weighted by molar-refractivity contribution is 0.123. The summed E-state index contributed by atoms with van der Waals surface area (Å²) in [6.45, 7) is 3.01. The van der Waals surface area contributed by atoms with Gasteiger partial charge in [0.15, 0.2) is 0 Å². The normalized spacial score (nSPS) is 21.6. The smallest absolute Gasteiger partial charge is 0.113 e. The van der Waals surface area contributed by atoms with Crippen LogP contribution in [0.15, 0.2) is 60.7 Å². The topological polar surface area (TPSA) is 3.24 Å². The molecule has 1 unspecified atom stereocenters. The summed E-state index contributed by atoms with van der Waals surface area (Å²) in [4.78, 5) is 2.34. The molecule has 1 heterocycles. The molecule has 1 saturated heterocycles. The standard InChI is InChI=1S/C12H10.C11H20FN/c1-3-7-11(8-4-1)12-9-5-2-6-10-12;12-11-6-3-7-13(9-11)8-10-4-1-2-5-10/h1-10H;10-11H,1-9H2. The zero-order chi connectivity index (χ0) is 17.3. The van der Waals surface area contributed by atoms with Crippen LogP contribution in [0.2, 0.25) is 0 Å². The third-order valence-electron chi connectivity index (χ3n) is 5.32. The molecule has 1 atom stereocenters. The molecule has 1 saturated carbocycles.